The number of nitrogens with zero attached hydrogens (tertiary/aromatic N) is 4. The lowest BCUT2D eigenvalue weighted by Crippen LogP contribution is -2.23. The number of imidazole rings is 1. The molecule has 10 nitrogen and oxygen atoms in total. The largest absolute Gasteiger partial charge is 0.378 e. The Labute approximate surface area is 207 Å². The van der Waals surface area contributed by atoms with E-state index in [0.29, 0.717) is 34.8 Å². The second-order valence-electron chi connectivity index (χ2n) is 7.78. The van der Waals surface area contributed by atoms with Crippen molar-refractivity contribution in [1.29, 1.82) is 0 Å². The summed E-state index contributed by atoms with van der Waals surface area (Å²) in [6.07, 6.45) is 2.62. The van der Waals surface area contributed by atoms with Gasteiger partial charge in [-0.15, -0.1) is 0 Å². The van der Waals surface area contributed by atoms with Gasteiger partial charge in [-0.3, -0.25) is 4.98 Å². The second-order valence-corrected chi connectivity index (χ2v) is 9.90. The van der Waals surface area contributed by atoms with Gasteiger partial charge in [0.1, 0.15) is 4.90 Å². The third kappa shape index (κ3) is 5.08. The molecule has 0 saturated heterocycles. The number of rotatable bonds is 9. The van der Waals surface area contributed by atoms with E-state index in [-0.39, 0.29) is 22.3 Å². The number of pyridine rings is 1. The summed E-state index contributed by atoms with van der Waals surface area (Å²) in [6.45, 7) is 6.21. The van der Waals surface area contributed by atoms with Gasteiger partial charge in [-0.1, -0.05) is 25.4 Å². The molecular formula is C23H25ClN6O4S. The highest BCUT2D eigenvalue weighted by Gasteiger charge is 2.23. The van der Waals surface area contributed by atoms with Gasteiger partial charge in [0.15, 0.2) is 16.5 Å². The smallest absolute Gasteiger partial charge is 0.244 e. The van der Waals surface area contributed by atoms with Gasteiger partial charge in [-0.05, 0) is 49.2 Å². The maximum Gasteiger partial charge on any atom is 0.244 e. The Kier molecular flexibility index (Phi) is 7.22. The molecular weight excluding hydrogens is 492 g/mol. The van der Waals surface area contributed by atoms with Crippen molar-refractivity contribution in [3.05, 3.63) is 64.7 Å². The minimum absolute atomic E-state index is 0.176. The first kappa shape index (κ1) is 24.9. The van der Waals surface area contributed by atoms with Crippen LogP contribution in [-0.4, -0.2) is 39.8 Å². The fraction of sp³-hybridized carbons (Fsp3) is 0.261. The zero-order chi connectivity index (χ0) is 25.2. The lowest BCUT2D eigenvalue weighted by molar-refractivity contribution is -0.140. The van der Waals surface area contributed by atoms with Crippen LogP contribution in [0.4, 0.5) is 5.69 Å². The number of sulfonamides is 1. The predicted octanol–water partition coefficient (Wildman–Crippen LogP) is 4.08. The Morgan fingerprint density at radius 2 is 1.97 bits per heavy atom. The second kappa shape index (κ2) is 10.2. The van der Waals surface area contributed by atoms with Crippen LogP contribution in [0, 0.1) is 6.92 Å². The van der Waals surface area contributed by atoms with E-state index in [4.69, 9.17) is 11.6 Å². The molecule has 35 heavy (non-hydrogen) atoms. The molecule has 0 spiro atoms. The highest BCUT2D eigenvalue weighted by molar-refractivity contribution is 7.89. The lowest BCUT2D eigenvalue weighted by atomic mass is 10.1. The molecule has 0 saturated carbocycles. The van der Waals surface area contributed by atoms with Crippen LogP contribution in [-0.2, 0) is 23.0 Å². The maximum atomic E-state index is 12.7. The molecule has 0 fully saturated rings. The molecule has 12 heteroatoms. The van der Waals surface area contributed by atoms with E-state index in [1.807, 2.05) is 12.1 Å². The Morgan fingerprint density at radius 1 is 1.17 bits per heavy atom. The van der Waals surface area contributed by atoms with Crippen LogP contribution in [0.25, 0.3) is 16.9 Å². The third-order valence-corrected chi connectivity index (χ3v) is 7.15. The zero-order valence-electron chi connectivity index (χ0n) is 19.4. The van der Waals surface area contributed by atoms with Gasteiger partial charge >= 0.3 is 0 Å². The highest BCUT2D eigenvalue weighted by atomic mass is 35.5. The zero-order valence-corrected chi connectivity index (χ0v) is 21.0. The Hall–Kier alpha value is -3.25. The number of benzene rings is 1. The van der Waals surface area contributed by atoms with E-state index < -0.39 is 10.0 Å². The molecule has 0 unspecified atom stereocenters. The average Bonchev–Trinajstić information content (AvgIpc) is 3.17. The van der Waals surface area contributed by atoms with Gasteiger partial charge in [0, 0.05) is 36.6 Å². The molecule has 4 aromatic rings. The number of aryl methyl sites for hydroxylation is 2. The summed E-state index contributed by atoms with van der Waals surface area (Å²) in [6, 6.07) is 10.1. The lowest BCUT2D eigenvalue weighted by Gasteiger charge is -2.12. The van der Waals surface area contributed by atoms with Crippen molar-refractivity contribution in [2.75, 3.05) is 11.9 Å². The number of hydrogen-bond donors (Lipinski definition) is 3. The SMILES string of the molecule is CCNS(=O)(=O)c1cc(-c2c(C)nc3c(NCc4ccnc(CC)c4)cc(Cl)nn23)ccc1OO. The van der Waals surface area contributed by atoms with Crippen LogP contribution < -0.4 is 14.9 Å². The number of anilines is 1. The molecule has 0 aliphatic carbocycles. The minimum Gasteiger partial charge on any atom is -0.378 e. The van der Waals surface area contributed by atoms with Gasteiger partial charge < -0.3 is 10.2 Å². The molecule has 3 aromatic heterocycles. The fourth-order valence-corrected chi connectivity index (χ4v) is 5.17. The van der Waals surface area contributed by atoms with E-state index in [2.05, 4.69) is 36.9 Å². The number of nitrogens with one attached hydrogen (secondary N) is 2. The molecule has 0 atom stereocenters. The van der Waals surface area contributed by atoms with Crippen LogP contribution >= 0.6 is 11.6 Å². The molecule has 1 aromatic carbocycles. The van der Waals surface area contributed by atoms with Gasteiger partial charge in [0.25, 0.3) is 0 Å². The van der Waals surface area contributed by atoms with Crippen molar-refractivity contribution in [3.63, 3.8) is 0 Å². The molecule has 4 rings (SSSR count). The summed E-state index contributed by atoms with van der Waals surface area (Å²) in [4.78, 5) is 13.1. The first-order valence-corrected chi connectivity index (χ1v) is 12.8. The fourth-order valence-electron chi connectivity index (χ4n) is 3.80. The molecule has 0 radical (unpaired) electrons. The summed E-state index contributed by atoms with van der Waals surface area (Å²) in [5.41, 5.74) is 4.94. The van der Waals surface area contributed by atoms with Gasteiger partial charge in [-0.2, -0.15) is 5.10 Å². The molecule has 0 bridgehead atoms. The first-order chi connectivity index (χ1) is 16.8. The van der Waals surface area contributed by atoms with Crippen LogP contribution in [0.2, 0.25) is 5.15 Å². The van der Waals surface area contributed by atoms with Crippen LogP contribution in [0.1, 0.15) is 30.8 Å². The van der Waals surface area contributed by atoms with Crippen molar-refractivity contribution in [1.82, 2.24) is 24.3 Å². The summed E-state index contributed by atoms with van der Waals surface area (Å²) in [5.74, 6) is -0.196. The van der Waals surface area contributed by atoms with Crippen molar-refractivity contribution in [2.45, 2.75) is 38.6 Å². The summed E-state index contributed by atoms with van der Waals surface area (Å²) < 4.78 is 29.3. The average molecular weight is 517 g/mol. The molecule has 3 N–H and O–H groups in total. The standard InChI is InChI=1S/C23H25ClN6O4S/c1-4-17-10-15(8-9-25-17)13-26-18-12-21(24)29-30-22(14(3)28-23(18)30)16-6-7-19(34-31)20(11-16)35(32,33)27-5-2/h6-12,26-27,31H,4-5,13H2,1-3H3. The normalized spacial score (nSPS) is 11.7. The van der Waals surface area contributed by atoms with Crippen LogP contribution in [0.15, 0.2) is 47.5 Å². The number of halogens is 1. The summed E-state index contributed by atoms with van der Waals surface area (Å²) in [7, 11) is -3.92. The van der Waals surface area contributed by atoms with Crippen molar-refractivity contribution < 1.29 is 18.6 Å². The summed E-state index contributed by atoms with van der Waals surface area (Å²) >= 11 is 6.35. The van der Waals surface area contributed by atoms with Gasteiger partial charge in [0.2, 0.25) is 10.0 Å². The molecule has 0 amide bonds. The van der Waals surface area contributed by atoms with Crippen molar-refractivity contribution in [3.8, 4) is 17.0 Å². The number of aromatic nitrogens is 4. The maximum absolute atomic E-state index is 12.7. The Bertz CT molecular complexity index is 1490. The topological polar surface area (TPSA) is 131 Å². The summed E-state index contributed by atoms with van der Waals surface area (Å²) in [5, 5.41) is 17.2. The Balaban J connectivity index is 1.79. The predicted molar refractivity (Wildman–Crippen MR) is 133 cm³/mol. The number of fused-ring (bicyclic) bond motifs is 1. The van der Waals surface area contributed by atoms with E-state index >= 15 is 0 Å². The van der Waals surface area contributed by atoms with Crippen LogP contribution in [0.3, 0.4) is 0 Å². The van der Waals surface area contributed by atoms with E-state index in [1.54, 1.807) is 36.7 Å². The van der Waals surface area contributed by atoms with E-state index in [9.17, 15) is 13.7 Å². The monoisotopic (exact) mass is 516 g/mol. The van der Waals surface area contributed by atoms with Gasteiger partial charge in [-0.25, -0.2) is 27.9 Å². The third-order valence-electron chi connectivity index (χ3n) is 5.39. The number of hydrogen-bond acceptors (Lipinski definition) is 8. The van der Waals surface area contributed by atoms with Crippen LogP contribution in [0.5, 0.6) is 5.75 Å². The minimum atomic E-state index is -3.92. The Morgan fingerprint density at radius 3 is 2.69 bits per heavy atom. The molecule has 0 aliphatic rings. The highest BCUT2D eigenvalue weighted by Crippen LogP contribution is 2.33. The quantitative estimate of drug-likeness (QED) is 0.224. The van der Waals surface area contributed by atoms with Crippen molar-refractivity contribution >= 4 is 33.0 Å². The molecule has 0 aliphatic heterocycles. The molecule has 184 valence electrons. The first-order valence-electron chi connectivity index (χ1n) is 11.0. The van der Waals surface area contributed by atoms with Crippen molar-refractivity contribution in [2.24, 2.45) is 0 Å². The van der Waals surface area contributed by atoms with E-state index in [0.717, 1.165) is 17.7 Å². The molecule has 3 heterocycles. The van der Waals surface area contributed by atoms with Gasteiger partial charge in [0.05, 0.1) is 17.1 Å². The van der Waals surface area contributed by atoms with E-state index in [1.165, 1.54) is 12.1 Å².